The first kappa shape index (κ1) is 9.24. The van der Waals surface area contributed by atoms with E-state index >= 15 is 0 Å². The number of aromatic nitrogens is 2. The molecule has 76 valence electrons. The van der Waals surface area contributed by atoms with Crippen LogP contribution in [0.25, 0.3) is 0 Å². The molecule has 1 aromatic heterocycles. The van der Waals surface area contributed by atoms with E-state index in [1.165, 1.54) is 24.4 Å². The first-order valence-electron chi connectivity index (χ1n) is 4.79. The van der Waals surface area contributed by atoms with Crippen LogP contribution >= 0.6 is 0 Å². The molecule has 4 heteroatoms. The normalized spacial score (nSPS) is 17.9. The average molecular weight is 194 g/mol. The summed E-state index contributed by atoms with van der Waals surface area (Å²) in [4.78, 5) is 10.9. The molecular formula is C10H14N2O2. The van der Waals surface area contributed by atoms with Crippen LogP contribution in [0, 0.1) is 5.41 Å². The van der Waals surface area contributed by atoms with Crippen molar-refractivity contribution in [2.45, 2.75) is 26.7 Å². The van der Waals surface area contributed by atoms with Gasteiger partial charge in [-0.2, -0.15) is 0 Å². The van der Waals surface area contributed by atoms with E-state index in [9.17, 15) is 4.79 Å². The first-order valence-corrected chi connectivity index (χ1v) is 4.79. The lowest BCUT2D eigenvalue weighted by Crippen LogP contribution is -2.10. The third-order valence-corrected chi connectivity index (χ3v) is 2.56. The summed E-state index contributed by atoms with van der Waals surface area (Å²) >= 11 is 0. The number of carbonyl (C=O) groups is 1. The molecule has 1 heterocycles. The lowest BCUT2D eigenvalue weighted by molar-refractivity contribution is 0.0918. The van der Waals surface area contributed by atoms with Gasteiger partial charge < -0.3 is 4.74 Å². The molecule has 0 amide bonds. The van der Waals surface area contributed by atoms with Crippen molar-refractivity contribution in [3.8, 4) is 5.88 Å². The minimum absolute atomic E-state index is 0.0996. The van der Waals surface area contributed by atoms with Crippen LogP contribution in [-0.2, 0) is 0 Å². The zero-order valence-corrected chi connectivity index (χ0v) is 8.49. The van der Waals surface area contributed by atoms with Crippen molar-refractivity contribution in [3.63, 3.8) is 0 Å². The Morgan fingerprint density at radius 2 is 2.43 bits per heavy atom. The van der Waals surface area contributed by atoms with Gasteiger partial charge in [0.05, 0.1) is 6.61 Å². The minimum atomic E-state index is -0.0996. The molecule has 0 spiro atoms. The third kappa shape index (κ3) is 1.95. The van der Waals surface area contributed by atoms with Gasteiger partial charge in [0.15, 0.2) is 0 Å². The molecule has 0 unspecified atom stereocenters. The summed E-state index contributed by atoms with van der Waals surface area (Å²) in [5.74, 6) is 0.436. The highest BCUT2D eigenvalue weighted by molar-refractivity contribution is 5.75. The van der Waals surface area contributed by atoms with E-state index in [1.807, 2.05) is 0 Å². The van der Waals surface area contributed by atoms with E-state index in [2.05, 4.69) is 12.0 Å². The van der Waals surface area contributed by atoms with Gasteiger partial charge in [0.25, 0.3) is 0 Å². The quantitative estimate of drug-likeness (QED) is 0.735. The molecule has 1 aliphatic carbocycles. The van der Waals surface area contributed by atoms with Gasteiger partial charge in [-0.15, -0.1) is 5.10 Å². The van der Waals surface area contributed by atoms with E-state index in [1.54, 1.807) is 12.3 Å². The second kappa shape index (κ2) is 3.12. The van der Waals surface area contributed by atoms with Crippen molar-refractivity contribution < 1.29 is 9.53 Å². The molecule has 0 aromatic carbocycles. The van der Waals surface area contributed by atoms with Crippen LogP contribution in [0.15, 0.2) is 12.3 Å². The number of hydrogen-bond acceptors (Lipinski definition) is 3. The molecule has 0 aliphatic heterocycles. The second-order valence-corrected chi connectivity index (χ2v) is 4.22. The van der Waals surface area contributed by atoms with Crippen LogP contribution in [-0.4, -0.2) is 22.3 Å². The van der Waals surface area contributed by atoms with Gasteiger partial charge in [-0.25, -0.2) is 4.68 Å². The van der Waals surface area contributed by atoms with E-state index in [-0.39, 0.29) is 5.91 Å². The fourth-order valence-corrected chi connectivity index (χ4v) is 1.17. The highest BCUT2D eigenvalue weighted by atomic mass is 16.5. The van der Waals surface area contributed by atoms with Crippen LogP contribution in [0.3, 0.4) is 0 Å². The van der Waals surface area contributed by atoms with Crippen molar-refractivity contribution in [2.75, 3.05) is 6.61 Å². The largest absolute Gasteiger partial charge is 0.476 e. The predicted octanol–water partition coefficient (Wildman–Crippen LogP) is 1.72. The van der Waals surface area contributed by atoms with Crippen LogP contribution in [0.5, 0.6) is 5.88 Å². The third-order valence-electron chi connectivity index (χ3n) is 2.56. The smallest absolute Gasteiger partial charge is 0.243 e. The minimum Gasteiger partial charge on any atom is -0.476 e. The first-order chi connectivity index (χ1) is 6.59. The number of ether oxygens (including phenoxy) is 1. The van der Waals surface area contributed by atoms with Crippen LogP contribution < -0.4 is 4.74 Å². The lowest BCUT2D eigenvalue weighted by atomic mass is 10.2. The van der Waals surface area contributed by atoms with Crippen molar-refractivity contribution >= 4 is 5.91 Å². The number of carbonyl (C=O) groups excluding carboxylic acids is 1. The molecule has 0 atom stereocenters. The van der Waals surface area contributed by atoms with Crippen molar-refractivity contribution in [2.24, 2.45) is 5.41 Å². The maximum Gasteiger partial charge on any atom is 0.243 e. The standard InChI is InChI=1S/C10H14N2O2/c1-8(13)12-6-3-9(11-12)14-7-10(2)4-5-10/h3,6H,4-5,7H2,1-2H3. The molecule has 0 radical (unpaired) electrons. The molecule has 1 saturated carbocycles. The summed E-state index contributed by atoms with van der Waals surface area (Å²) in [6, 6.07) is 1.72. The Labute approximate surface area is 82.9 Å². The average Bonchev–Trinajstić information content (AvgIpc) is 2.68. The Bertz CT molecular complexity index is 353. The molecule has 1 aromatic rings. The fraction of sp³-hybridized carbons (Fsp3) is 0.600. The van der Waals surface area contributed by atoms with Crippen LogP contribution in [0.2, 0.25) is 0 Å². The van der Waals surface area contributed by atoms with Gasteiger partial charge in [0.1, 0.15) is 0 Å². The summed E-state index contributed by atoms with van der Waals surface area (Å²) in [5, 5.41) is 3.99. The molecule has 1 aliphatic rings. The van der Waals surface area contributed by atoms with E-state index in [4.69, 9.17) is 4.74 Å². The number of nitrogens with zero attached hydrogens (tertiary/aromatic N) is 2. The van der Waals surface area contributed by atoms with Crippen LogP contribution in [0.4, 0.5) is 0 Å². The summed E-state index contributed by atoms with van der Waals surface area (Å²) in [6.45, 7) is 4.36. The van der Waals surface area contributed by atoms with Gasteiger partial charge in [0, 0.05) is 24.6 Å². The van der Waals surface area contributed by atoms with Crippen molar-refractivity contribution in [1.82, 2.24) is 9.78 Å². The predicted molar refractivity (Wildman–Crippen MR) is 51.4 cm³/mol. The Morgan fingerprint density at radius 3 is 2.93 bits per heavy atom. The van der Waals surface area contributed by atoms with E-state index in [0.29, 0.717) is 17.9 Å². The topological polar surface area (TPSA) is 44.1 Å². The van der Waals surface area contributed by atoms with Gasteiger partial charge >= 0.3 is 0 Å². The SMILES string of the molecule is CC(=O)n1ccc(OCC2(C)CC2)n1. The van der Waals surface area contributed by atoms with Gasteiger partial charge in [-0.3, -0.25) is 4.79 Å². The maximum absolute atomic E-state index is 10.9. The molecule has 0 N–H and O–H groups in total. The van der Waals surface area contributed by atoms with Crippen LogP contribution in [0.1, 0.15) is 31.5 Å². The molecule has 4 nitrogen and oxygen atoms in total. The Balaban J connectivity index is 1.93. The summed E-state index contributed by atoms with van der Waals surface area (Å²) < 4.78 is 6.76. The molecular weight excluding hydrogens is 180 g/mol. The van der Waals surface area contributed by atoms with E-state index < -0.39 is 0 Å². The summed E-state index contributed by atoms with van der Waals surface area (Å²) in [5.41, 5.74) is 0.347. The number of hydrogen-bond donors (Lipinski definition) is 0. The fourth-order valence-electron chi connectivity index (χ4n) is 1.17. The van der Waals surface area contributed by atoms with Gasteiger partial charge in [-0.05, 0) is 12.8 Å². The highest BCUT2D eigenvalue weighted by Crippen LogP contribution is 2.44. The number of rotatable bonds is 3. The molecule has 1 fully saturated rings. The summed E-state index contributed by atoms with van der Waals surface area (Å²) in [7, 11) is 0. The zero-order valence-electron chi connectivity index (χ0n) is 8.49. The summed E-state index contributed by atoms with van der Waals surface area (Å²) in [6.07, 6.45) is 4.06. The maximum atomic E-state index is 10.9. The molecule has 0 bridgehead atoms. The second-order valence-electron chi connectivity index (χ2n) is 4.22. The molecule has 14 heavy (non-hydrogen) atoms. The zero-order chi connectivity index (χ0) is 10.2. The van der Waals surface area contributed by atoms with Gasteiger partial charge in [0.2, 0.25) is 11.8 Å². The Kier molecular flexibility index (Phi) is 2.06. The van der Waals surface area contributed by atoms with E-state index in [0.717, 1.165) is 0 Å². The molecule has 0 saturated heterocycles. The monoisotopic (exact) mass is 194 g/mol. The Morgan fingerprint density at radius 1 is 1.71 bits per heavy atom. The molecule has 2 rings (SSSR count). The highest BCUT2D eigenvalue weighted by Gasteiger charge is 2.38. The van der Waals surface area contributed by atoms with Crippen molar-refractivity contribution in [1.29, 1.82) is 0 Å². The lowest BCUT2D eigenvalue weighted by Gasteiger charge is -2.07. The van der Waals surface area contributed by atoms with Gasteiger partial charge in [-0.1, -0.05) is 6.92 Å². The van der Waals surface area contributed by atoms with Crippen molar-refractivity contribution in [3.05, 3.63) is 12.3 Å². The Hall–Kier alpha value is -1.32.